The molecule has 0 spiro atoms. The smallest absolute Gasteiger partial charge is 0.254 e. The number of carbonyl (C=O) groups excluding carboxylic acids is 1. The van der Waals surface area contributed by atoms with Crippen LogP contribution in [0.5, 0.6) is 0 Å². The van der Waals surface area contributed by atoms with Crippen molar-refractivity contribution in [1.82, 2.24) is 14.4 Å². The summed E-state index contributed by atoms with van der Waals surface area (Å²) in [5.74, 6) is 0.578. The van der Waals surface area contributed by atoms with E-state index in [4.69, 9.17) is 9.26 Å². The molecule has 0 bridgehead atoms. The van der Waals surface area contributed by atoms with Gasteiger partial charge in [-0.3, -0.25) is 4.79 Å². The number of likely N-dealkylation sites (tertiary alicyclic amines) is 1. The number of nitrogens with zero attached hydrogens (tertiary/aromatic N) is 3. The van der Waals surface area contributed by atoms with Crippen LogP contribution in [0.15, 0.2) is 9.42 Å². The summed E-state index contributed by atoms with van der Waals surface area (Å²) in [5, 5.41) is 3.76. The summed E-state index contributed by atoms with van der Waals surface area (Å²) in [6.07, 6.45) is 0.987. The molecule has 2 aliphatic heterocycles. The van der Waals surface area contributed by atoms with Crippen LogP contribution < -0.4 is 0 Å². The second-order valence-corrected chi connectivity index (χ2v) is 9.26. The van der Waals surface area contributed by atoms with Gasteiger partial charge in [-0.25, -0.2) is 8.42 Å². The first kappa shape index (κ1) is 19.3. The molecule has 1 aromatic heterocycles. The molecule has 0 aliphatic carbocycles. The molecule has 2 aliphatic rings. The highest BCUT2D eigenvalue weighted by Gasteiger charge is 2.53. The minimum Gasteiger partial charge on any atom is -0.369 e. The zero-order valence-corrected chi connectivity index (χ0v) is 16.7. The topological polar surface area (TPSA) is 93.0 Å². The average molecular weight is 385 g/mol. The first-order valence-electron chi connectivity index (χ1n) is 8.98. The van der Waals surface area contributed by atoms with Gasteiger partial charge < -0.3 is 14.2 Å². The van der Waals surface area contributed by atoms with Gasteiger partial charge in [-0.05, 0) is 46.5 Å². The Morgan fingerprint density at radius 1 is 1.23 bits per heavy atom. The van der Waals surface area contributed by atoms with Crippen molar-refractivity contribution in [3.8, 4) is 0 Å². The van der Waals surface area contributed by atoms with Gasteiger partial charge in [-0.2, -0.15) is 4.31 Å². The minimum atomic E-state index is -3.61. The molecular formula is C17H27N3O5S. The van der Waals surface area contributed by atoms with Gasteiger partial charge in [-0.15, -0.1) is 0 Å². The van der Waals surface area contributed by atoms with Crippen molar-refractivity contribution >= 4 is 15.9 Å². The molecule has 2 fully saturated rings. The van der Waals surface area contributed by atoms with Crippen LogP contribution in [0.4, 0.5) is 0 Å². The molecule has 9 heteroatoms. The Hall–Kier alpha value is -1.45. The van der Waals surface area contributed by atoms with E-state index in [9.17, 15) is 13.2 Å². The quantitative estimate of drug-likeness (QED) is 0.710. The first-order chi connectivity index (χ1) is 12.2. The van der Waals surface area contributed by atoms with Crippen molar-refractivity contribution in [2.24, 2.45) is 5.92 Å². The Balaban J connectivity index is 1.72. The Morgan fingerprint density at radius 3 is 2.31 bits per heavy atom. The van der Waals surface area contributed by atoms with Crippen molar-refractivity contribution in [2.45, 2.75) is 63.6 Å². The van der Waals surface area contributed by atoms with Gasteiger partial charge in [0, 0.05) is 26.2 Å². The Labute approximate surface area is 154 Å². The lowest BCUT2D eigenvalue weighted by Gasteiger charge is -2.53. The van der Waals surface area contributed by atoms with Gasteiger partial charge in [0.1, 0.15) is 10.6 Å². The van der Waals surface area contributed by atoms with E-state index >= 15 is 0 Å². The van der Waals surface area contributed by atoms with Crippen LogP contribution in [0.25, 0.3) is 0 Å². The van der Waals surface area contributed by atoms with Crippen molar-refractivity contribution in [3.05, 3.63) is 11.5 Å². The molecule has 3 rings (SSSR count). The molecular weight excluding hydrogens is 358 g/mol. The van der Waals surface area contributed by atoms with Crippen LogP contribution in [-0.4, -0.2) is 67.1 Å². The molecule has 0 radical (unpaired) electrons. The Bertz CT molecular complexity index is 761. The zero-order chi connectivity index (χ0) is 19.2. The van der Waals surface area contributed by atoms with Crippen molar-refractivity contribution in [3.63, 3.8) is 0 Å². The van der Waals surface area contributed by atoms with Gasteiger partial charge >= 0.3 is 0 Å². The lowest BCUT2D eigenvalue weighted by Crippen LogP contribution is -2.70. The fourth-order valence-electron chi connectivity index (χ4n) is 4.25. The predicted molar refractivity (Wildman–Crippen MR) is 94.0 cm³/mol. The van der Waals surface area contributed by atoms with Gasteiger partial charge in [0.2, 0.25) is 10.0 Å². The van der Waals surface area contributed by atoms with Crippen LogP contribution >= 0.6 is 0 Å². The van der Waals surface area contributed by atoms with Crippen molar-refractivity contribution in [1.29, 1.82) is 0 Å². The molecule has 1 aromatic rings. The second-order valence-electron chi connectivity index (χ2n) is 7.38. The number of aryl methyl sites for hydroxylation is 2. The van der Waals surface area contributed by atoms with Crippen LogP contribution in [0.2, 0.25) is 0 Å². The summed E-state index contributed by atoms with van der Waals surface area (Å²) in [6.45, 7) is 8.08. The Morgan fingerprint density at radius 2 is 1.85 bits per heavy atom. The highest BCUT2D eigenvalue weighted by molar-refractivity contribution is 7.89. The molecule has 0 aromatic carbocycles. The minimum absolute atomic E-state index is 0.0245. The number of aromatic nitrogens is 1. The summed E-state index contributed by atoms with van der Waals surface area (Å²) < 4.78 is 37.8. The summed E-state index contributed by atoms with van der Waals surface area (Å²) in [7, 11) is -2.05. The first-order valence-corrected chi connectivity index (χ1v) is 10.4. The van der Waals surface area contributed by atoms with Crippen LogP contribution in [0.3, 0.4) is 0 Å². The SMILES string of the molecule is CO[C@H]1C(=O)N(C(C)C)[C@H]1C1CCN(S(=O)(=O)c2c(C)noc2C)CC1. The maximum Gasteiger partial charge on any atom is 0.254 e. The summed E-state index contributed by atoms with van der Waals surface area (Å²) in [5.41, 5.74) is 0.389. The number of β-lactam (4-membered cyclic amide) rings is 1. The number of ether oxygens (including phenoxy) is 1. The van der Waals surface area contributed by atoms with E-state index in [1.54, 1.807) is 21.0 Å². The normalized spacial score (nSPS) is 25.8. The van der Waals surface area contributed by atoms with E-state index in [-0.39, 0.29) is 28.8 Å². The molecule has 3 heterocycles. The number of sulfonamides is 1. The standard InChI is InChI=1S/C17H27N3O5S/c1-10(2)20-14(15(24-5)17(20)21)13-6-8-19(9-7-13)26(22,23)16-11(3)18-25-12(16)4/h10,13-15H,6-9H2,1-5H3/t14-,15+/m0/s1. The molecule has 2 atom stereocenters. The van der Waals surface area contributed by atoms with Crippen LogP contribution in [-0.2, 0) is 19.6 Å². The van der Waals surface area contributed by atoms with Crippen molar-refractivity contribution in [2.75, 3.05) is 20.2 Å². The molecule has 0 saturated carbocycles. The number of methoxy groups -OCH3 is 1. The van der Waals surface area contributed by atoms with Gasteiger partial charge in [0.05, 0.1) is 6.04 Å². The number of rotatable bonds is 5. The van der Waals surface area contributed by atoms with Crippen LogP contribution in [0, 0.1) is 19.8 Å². The molecule has 26 heavy (non-hydrogen) atoms. The fourth-order valence-corrected chi connectivity index (χ4v) is 6.01. The average Bonchev–Trinajstić information content (AvgIpc) is 2.92. The largest absolute Gasteiger partial charge is 0.369 e. The highest BCUT2D eigenvalue weighted by atomic mass is 32.2. The van der Waals surface area contributed by atoms with Gasteiger partial charge in [0.25, 0.3) is 5.91 Å². The maximum atomic E-state index is 12.9. The lowest BCUT2D eigenvalue weighted by molar-refractivity contribution is -0.181. The van der Waals surface area contributed by atoms with Gasteiger partial charge in [0.15, 0.2) is 11.9 Å². The Kier molecular flexibility index (Phi) is 5.15. The van der Waals surface area contributed by atoms with E-state index in [2.05, 4.69) is 5.16 Å². The second kappa shape index (κ2) is 6.94. The lowest BCUT2D eigenvalue weighted by atomic mass is 9.79. The number of piperidine rings is 1. The number of carbonyl (C=O) groups is 1. The van der Waals surface area contributed by atoms with Gasteiger partial charge in [-0.1, -0.05) is 5.16 Å². The fraction of sp³-hybridized carbons (Fsp3) is 0.765. The summed E-state index contributed by atoms with van der Waals surface area (Å²) in [6, 6.07) is 0.138. The third kappa shape index (κ3) is 2.95. The molecule has 1 amide bonds. The van der Waals surface area contributed by atoms with E-state index in [0.29, 0.717) is 37.4 Å². The van der Waals surface area contributed by atoms with Crippen molar-refractivity contribution < 1.29 is 22.5 Å². The predicted octanol–water partition coefficient (Wildman–Crippen LogP) is 1.33. The molecule has 0 N–H and O–H groups in total. The zero-order valence-electron chi connectivity index (χ0n) is 15.9. The number of hydrogen-bond donors (Lipinski definition) is 0. The van der Waals surface area contributed by atoms with E-state index in [0.717, 1.165) is 0 Å². The third-order valence-electron chi connectivity index (χ3n) is 5.49. The summed E-state index contributed by atoms with van der Waals surface area (Å²) in [4.78, 5) is 14.3. The molecule has 2 saturated heterocycles. The van der Waals surface area contributed by atoms with Crippen LogP contribution in [0.1, 0.15) is 38.1 Å². The highest BCUT2D eigenvalue weighted by Crippen LogP contribution is 2.37. The van der Waals surface area contributed by atoms with E-state index in [1.165, 1.54) is 4.31 Å². The maximum absolute atomic E-state index is 12.9. The molecule has 0 unspecified atom stereocenters. The van der Waals surface area contributed by atoms with E-state index in [1.807, 2.05) is 18.7 Å². The number of amides is 1. The third-order valence-corrected chi connectivity index (χ3v) is 7.63. The monoisotopic (exact) mass is 385 g/mol. The molecule has 146 valence electrons. The molecule has 8 nitrogen and oxygen atoms in total. The number of hydrogen-bond acceptors (Lipinski definition) is 6. The van der Waals surface area contributed by atoms with E-state index < -0.39 is 16.1 Å². The summed E-state index contributed by atoms with van der Waals surface area (Å²) >= 11 is 0.